The highest BCUT2D eigenvalue weighted by atomic mass is 32.1. The number of carbonyl (C=O) groups is 2. The van der Waals surface area contributed by atoms with Crippen LogP contribution in [0.15, 0.2) is 6.20 Å². The SMILES string of the molecule is CC(C)C(=O)Nc1ncc(C(O)COC(N)=O)s1. The molecular formula is C10H15N3O4S. The summed E-state index contributed by atoms with van der Waals surface area (Å²) in [5, 5.41) is 12.6. The van der Waals surface area contributed by atoms with Crippen molar-refractivity contribution in [3.63, 3.8) is 0 Å². The second-order valence-corrected chi connectivity index (χ2v) is 4.92. The van der Waals surface area contributed by atoms with Crippen LogP contribution in [0.25, 0.3) is 0 Å². The van der Waals surface area contributed by atoms with Gasteiger partial charge in [-0.25, -0.2) is 9.78 Å². The summed E-state index contributed by atoms with van der Waals surface area (Å²) in [6.45, 7) is 3.29. The summed E-state index contributed by atoms with van der Waals surface area (Å²) in [6, 6.07) is 0. The molecule has 0 aliphatic carbocycles. The van der Waals surface area contributed by atoms with Crippen molar-refractivity contribution in [1.29, 1.82) is 0 Å². The Kier molecular flexibility index (Phi) is 5.05. The van der Waals surface area contributed by atoms with Gasteiger partial charge in [0, 0.05) is 12.1 Å². The molecule has 0 bridgehead atoms. The molecule has 1 unspecified atom stereocenters. The van der Waals surface area contributed by atoms with Crippen LogP contribution in [-0.2, 0) is 9.53 Å². The zero-order valence-corrected chi connectivity index (χ0v) is 10.9. The summed E-state index contributed by atoms with van der Waals surface area (Å²) in [5.74, 6) is -0.306. The third kappa shape index (κ3) is 4.30. The molecule has 0 spiro atoms. The second-order valence-electron chi connectivity index (χ2n) is 3.86. The standard InChI is InChI=1S/C10H15N3O4S/c1-5(2)8(15)13-10-12-3-7(18-10)6(14)4-17-9(11)16/h3,5-6,14H,4H2,1-2H3,(H2,11,16)(H,12,13,15). The van der Waals surface area contributed by atoms with Gasteiger partial charge in [-0.1, -0.05) is 25.2 Å². The Bertz CT molecular complexity index is 433. The minimum absolute atomic E-state index is 0.152. The van der Waals surface area contributed by atoms with Gasteiger partial charge in [0.1, 0.15) is 12.7 Å². The minimum Gasteiger partial charge on any atom is -0.447 e. The normalized spacial score (nSPS) is 12.2. The molecule has 4 N–H and O–H groups in total. The number of primary amides is 1. The lowest BCUT2D eigenvalue weighted by Gasteiger charge is -2.07. The van der Waals surface area contributed by atoms with Crippen LogP contribution >= 0.6 is 11.3 Å². The fourth-order valence-electron chi connectivity index (χ4n) is 0.991. The molecule has 1 rings (SSSR count). The van der Waals surface area contributed by atoms with Crippen LogP contribution in [0.5, 0.6) is 0 Å². The summed E-state index contributed by atoms with van der Waals surface area (Å²) < 4.78 is 4.47. The first-order valence-corrected chi connectivity index (χ1v) is 6.08. The van der Waals surface area contributed by atoms with Gasteiger partial charge in [0.15, 0.2) is 5.13 Å². The van der Waals surface area contributed by atoms with Gasteiger partial charge in [0.05, 0.1) is 4.88 Å². The molecule has 100 valence electrons. The van der Waals surface area contributed by atoms with Crippen LogP contribution in [0.2, 0.25) is 0 Å². The highest BCUT2D eigenvalue weighted by Crippen LogP contribution is 2.24. The van der Waals surface area contributed by atoms with Gasteiger partial charge >= 0.3 is 6.09 Å². The molecule has 1 heterocycles. The maximum absolute atomic E-state index is 11.4. The second kappa shape index (κ2) is 6.31. The van der Waals surface area contributed by atoms with Crippen molar-refractivity contribution in [1.82, 2.24) is 4.98 Å². The van der Waals surface area contributed by atoms with E-state index in [9.17, 15) is 14.7 Å². The molecule has 2 amide bonds. The Balaban J connectivity index is 2.57. The first kappa shape index (κ1) is 14.4. The molecule has 1 aromatic heterocycles. The molecule has 0 aromatic carbocycles. The number of carbonyl (C=O) groups excluding carboxylic acids is 2. The van der Waals surface area contributed by atoms with Crippen LogP contribution in [-0.4, -0.2) is 28.7 Å². The number of aliphatic hydroxyl groups is 1. The van der Waals surface area contributed by atoms with Crippen molar-refractivity contribution in [3.05, 3.63) is 11.1 Å². The Morgan fingerprint density at radius 3 is 2.83 bits per heavy atom. The lowest BCUT2D eigenvalue weighted by Crippen LogP contribution is -2.17. The zero-order chi connectivity index (χ0) is 13.7. The van der Waals surface area contributed by atoms with E-state index >= 15 is 0 Å². The Morgan fingerprint density at radius 2 is 2.28 bits per heavy atom. The molecule has 7 nitrogen and oxygen atoms in total. The van der Waals surface area contributed by atoms with E-state index in [1.165, 1.54) is 6.20 Å². The fourth-order valence-corrected chi connectivity index (χ4v) is 1.78. The van der Waals surface area contributed by atoms with Gasteiger partial charge in [-0.15, -0.1) is 0 Å². The van der Waals surface area contributed by atoms with Crippen molar-refractivity contribution < 1.29 is 19.4 Å². The van der Waals surface area contributed by atoms with Gasteiger partial charge in [0.2, 0.25) is 5.91 Å². The number of amides is 2. The smallest absolute Gasteiger partial charge is 0.404 e. The summed E-state index contributed by atoms with van der Waals surface area (Å²) >= 11 is 1.11. The van der Waals surface area contributed by atoms with Gasteiger partial charge in [0.25, 0.3) is 0 Å². The molecule has 1 aromatic rings. The molecule has 1 atom stereocenters. The number of aromatic nitrogens is 1. The minimum atomic E-state index is -1.00. The van der Waals surface area contributed by atoms with E-state index < -0.39 is 12.2 Å². The summed E-state index contributed by atoms with van der Waals surface area (Å²) in [7, 11) is 0. The van der Waals surface area contributed by atoms with Crippen molar-refractivity contribution in [2.24, 2.45) is 11.7 Å². The van der Waals surface area contributed by atoms with E-state index in [0.29, 0.717) is 10.0 Å². The predicted octanol–water partition coefficient (Wildman–Crippen LogP) is 0.866. The molecule has 0 aliphatic heterocycles. The number of ether oxygens (including phenoxy) is 1. The predicted molar refractivity (Wildman–Crippen MR) is 66.1 cm³/mol. The lowest BCUT2D eigenvalue weighted by atomic mass is 10.2. The molecule has 18 heavy (non-hydrogen) atoms. The van der Waals surface area contributed by atoms with Crippen molar-refractivity contribution >= 4 is 28.5 Å². The molecular weight excluding hydrogens is 258 g/mol. The number of aliphatic hydroxyl groups excluding tert-OH is 1. The van der Waals surface area contributed by atoms with Crippen LogP contribution in [0.4, 0.5) is 9.93 Å². The van der Waals surface area contributed by atoms with Crippen LogP contribution in [0, 0.1) is 5.92 Å². The highest BCUT2D eigenvalue weighted by molar-refractivity contribution is 7.15. The maximum Gasteiger partial charge on any atom is 0.404 e. The summed E-state index contributed by atoms with van der Waals surface area (Å²) in [5.41, 5.74) is 4.78. The average molecular weight is 273 g/mol. The van der Waals surface area contributed by atoms with Crippen molar-refractivity contribution in [3.8, 4) is 0 Å². The third-order valence-corrected chi connectivity index (χ3v) is 3.00. The summed E-state index contributed by atoms with van der Waals surface area (Å²) in [6.07, 6.45) is -0.540. The van der Waals surface area contributed by atoms with Crippen molar-refractivity contribution in [2.45, 2.75) is 20.0 Å². The molecule has 0 fully saturated rings. The van der Waals surface area contributed by atoms with E-state index in [2.05, 4.69) is 15.0 Å². The number of nitrogens with zero attached hydrogens (tertiary/aromatic N) is 1. The van der Waals surface area contributed by atoms with Crippen LogP contribution < -0.4 is 11.1 Å². The summed E-state index contributed by atoms with van der Waals surface area (Å²) in [4.78, 5) is 26.2. The Morgan fingerprint density at radius 1 is 1.61 bits per heavy atom. The number of anilines is 1. The molecule has 0 saturated heterocycles. The third-order valence-electron chi connectivity index (χ3n) is 1.99. The number of nitrogens with two attached hydrogens (primary N) is 1. The molecule has 0 radical (unpaired) electrons. The number of rotatable bonds is 5. The number of thiazole rings is 1. The Hall–Kier alpha value is -1.67. The van der Waals surface area contributed by atoms with Gasteiger partial charge in [-0.2, -0.15) is 0 Å². The molecule has 0 saturated carbocycles. The first-order valence-electron chi connectivity index (χ1n) is 5.27. The molecule has 8 heteroatoms. The van der Waals surface area contributed by atoms with E-state index in [1.54, 1.807) is 13.8 Å². The first-order chi connectivity index (χ1) is 8.40. The van der Waals surface area contributed by atoms with E-state index in [-0.39, 0.29) is 18.4 Å². The molecule has 0 aliphatic rings. The van der Waals surface area contributed by atoms with Crippen LogP contribution in [0.3, 0.4) is 0 Å². The highest BCUT2D eigenvalue weighted by Gasteiger charge is 2.15. The van der Waals surface area contributed by atoms with Crippen molar-refractivity contribution in [2.75, 3.05) is 11.9 Å². The van der Waals surface area contributed by atoms with E-state index in [4.69, 9.17) is 5.73 Å². The zero-order valence-electron chi connectivity index (χ0n) is 10.0. The number of hydrogen-bond acceptors (Lipinski definition) is 6. The monoisotopic (exact) mass is 273 g/mol. The number of nitrogens with one attached hydrogen (secondary N) is 1. The Labute approximate surface area is 108 Å². The average Bonchev–Trinajstić information content (AvgIpc) is 2.74. The topological polar surface area (TPSA) is 115 Å². The lowest BCUT2D eigenvalue weighted by molar-refractivity contribution is -0.118. The maximum atomic E-state index is 11.4. The quantitative estimate of drug-likeness (QED) is 0.736. The number of hydrogen-bond donors (Lipinski definition) is 3. The van der Waals surface area contributed by atoms with Crippen LogP contribution in [0.1, 0.15) is 24.8 Å². The fraction of sp³-hybridized carbons (Fsp3) is 0.500. The van der Waals surface area contributed by atoms with Gasteiger partial charge < -0.3 is 20.9 Å². The van der Waals surface area contributed by atoms with E-state index in [0.717, 1.165) is 11.3 Å². The van der Waals surface area contributed by atoms with Gasteiger partial charge in [-0.05, 0) is 0 Å². The van der Waals surface area contributed by atoms with E-state index in [1.807, 2.05) is 0 Å². The largest absolute Gasteiger partial charge is 0.447 e. The van der Waals surface area contributed by atoms with Gasteiger partial charge in [-0.3, -0.25) is 4.79 Å².